The number of nitrogens with zero attached hydrogens (tertiary/aromatic N) is 1. The van der Waals surface area contributed by atoms with Crippen LogP contribution in [0.1, 0.15) is 5.56 Å². The molecule has 0 unspecified atom stereocenters. The van der Waals surface area contributed by atoms with E-state index in [1.165, 1.54) is 18.0 Å². The predicted octanol–water partition coefficient (Wildman–Crippen LogP) is 3.88. The van der Waals surface area contributed by atoms with Gasteiger partial charge < -0.3 is 0 Å². The van der Waals surface area contributed by atoms with Crippen molar-refractivity contribution in [1.29, 1.82) is 5.26 Å². The molecule has 0 aliphatic heterocycles. The summed E-state index contributed by atoms with van der Waals surface area (Å²) in [6, 6.07) is 14.3. The van der Waals surface area contributed by atoms with Crippen LogP contribution in [-0.2, 0) is 9.84 Å². The number of benzene rings is 2. The summed E-state index contributed by atoms with van der Waals surface area (Å²) < 4.78 is 23.5. The van der Waals surface area contributed by atoms with Crippen molar-refractivity contribution in [3.63, 3.8) is 0 Å². The Morgan fingerprint density at radius 2 is 1.80 bits per heavy atom. The Morgan fingerprint density at radius 1 is 1.15 bits per heavy atom. The van der Waals surface area contributed by atoms with Crippen LogP contribution in [0.3, 0.4) is 0 Å². The first-order valence-electron chi connectivity index (χ1n) is 5.58. The summed E-state index contributed by atoms with van der Waals surface area (Å²) in [6.45, 7) is 0. The van der Waals surface area contributed by atoms with Gasteiger partial charge in [0.2, 0.25) is 0 Å². The SMILES string of the molecule is CS(=O)(=O)c1ccc(Sc2cccc(Br)c2C#N)cc1. The lowest BCUT2D eigenvalue weighted by Gasteiger charge is -2.06. The normalized spacial score (nSPS) is 11.1. The van der Waals surface area contributed by atoms with E-state index >= 15 is 0 Å². The summed E-state index contributed by atoms with van der Waals surface area (Å²) in [6.07, 6.45) is 1.18. The Bertz CT molecular complexity index is 778. The zero-order valence-electron chi connectivity index (χ0n) is 10.5. The summed E-state index contributed by atoms with van der Waals surface area (Å²) in [7, 11) is -3.18. The van der Waals surface area contributed by atoms with E-state index in [-0.39, 0.29) is 4.90 Å². The number of nitriles is 1. The lowest BCUT2D eigenvalue weighted by Crippen LogP contribution is -1.96. The highest BCUT2D eigenvalue weighted by Crippen LogP contribution is 2.33. The van der Waals surface area contributed by atoms with E-state index in [1.54, 1.807) is 24.3 Å². The average molecular weight is 368 g/mol. The molecule has 20 heavy (non-hydrogen) atoms. The van der Waals surface area contributed by atoms with Gasteiger partial charge in [0, 0.05) is 20.5 Å². The quantitative estimate of drug-likeness (QED) is 0.825. The van der Waals surface area contributed by atoms with E-state index in [1.807, 2.05) is 18.2 Å². The van der Waals surface area contributed by atoms with Crippen LogP contribution >= 0.6 is 27.7 Å². The highest BCUT2D eigenvalue weighted by Gasteiger charge is 2.09. The third-order valence-corrected chi connectivity index (χ3v) is 5.42. The lowest BCUT2D eigenvalue weighted by molar-refractivity contribution is 0.602. The summed E-state index contributed by atoms with van der Waals surface area (Å²) in [5.74, 6) is 0. The summed E-state index contributed by atoms with van der Waals surface area (Å²) in [4.78, 5) is 2.00. The van der Waals surface area contributed by atoms with Gasteiger partial charge in [-0.05, 0) is 52.3 Å². The molecule has 0 aliphatic rings. The second kappa shape index (κ2) is 6.00. The lowest BCUT2D eigenvalue weighted by atomic mass is 10.2. The van der Waals surface area contributed by atoms with E-state index in [0.29, 0.717) is 5.56 Å². The molecule has 0 spiro atoms. The van der Waals surface area contributed by atoms with Crippen LogP contribution in [0, 0.1) is 11.3 Å². The van der Waals surface area contributed by atoms with Gasteiger partial charge in [0.1, 0.15) is 6.07 Å². The van der Waals surface area contributed by atoms with Crippen molar-refractivity contribution in [2.24, 2.45) is 0 Å². The molecule has 2 aromatic rings. The molecular formula is C14H10BrNO2S2. The van der Waals surface area contributed by atoms with Gasteiger partial charge in [0.05, 0.1) is 10.5 Å². The molecule has 0 aromatic heterocycles. The molecule has 2 rings (SSSR count). The molecule has 0 saturated heterocycles. The van der Waals surface area contributed by atoms with Crippen molar-refractivity contribution < 1.29 is 8.42 Å². The van der Waals surface area contributed by atoms with Crippen molar-refractivity contribution >= 4 is 37.5 Å². The van der Waals surface area contributed by atoms with Crippen molar-refractivity contribution in [3.8, 4) is 6.07 Å². The Balaban J connectivity index is 2.32. The molecule has 0 N–H and O–H groups in total. The van der Waals surface area contributed by atoms with E-state index in [0.717, 1.165) is 14.3 Å². The minimum absolute atomic E-state index is 0.289. The fourth-order valence-corrected chi connectivity index (χ4v) is 3.73. The molecule has 0 atom stereocenters. The van der Waals surface area contributed by atoms with Gasteiger partial charge in [-0.3, -0.25) is 0 Å². The third kappa shape index (κ3) is 3.42. The molecule has 0 aliphatic carbocycles. The van der Waals surface area contributed by atoms with Gasteiger partial charge in [-0.1, -0.05) is 17.8 Å². The molecule has 0 heterocycles. The third-order valence-electron chi connectivity index (χ3n) is 2.57. The van der Waals surface area contributed by atoms with E-state index < -0.39 is 9.84 Å². The van der Waals surface area contributed by atoms with Crippen LogP contribution < -0.4 is 0 Å². The maximum atomic E-state index is 11.4. The molecule has 0 saturated carbocycles. The maximum absolute atomic E-state index is 11.4. The Morgan fingerprint density at radius 3 is 2.35 bits per heavy atom. The van der Waals surface area contributed by atoms with Gasteiger partial charge >= 0.3 is 0 Å². The minimum atomic E-state index is -3.18. The largest absolute Gasteiger partial charge is 0.224 e. The van der Waals surface area contributed by atoms with E-state index in [2.05, 4.69) is 22.0 Å². The summed E-state index contributed by atoms with van der Waals surface area (Å²) in [5.41, 5.74) is 0.574. The second-order valence-electron chi connectivity index (χ2n) is 4.07. The summed E-state index contributed by atoms with van der Waals surface area (Å²) >= 11 is 4.77. The number of rotatable bonds is 3. The first-order chi connectivity index (χ1) is 9.41. The highest BCUT2D eigenvalue weighted by atomic mass is 79.9. The molecule has 6 heteroatoms. The molecule has 0 bridgehead atoms. The van der Waals surface area contributed by atoms with Crippen molar-refractivity contribution in [2.75, 3.05) is 6.26 Å². The molecule has 0 fully saturated rings. The van der Waals surface area contributed by atoms with Crippen LogP contribution in [-0.4, -0.2) is 14.7 Å². The standard InChI is InChI=1S/C14H10BrNO2S2/c1-20(17,18)11-7-5-10(6-8-11)19-14-4-2-3-13(15)12(14)9-16/h2-8H,1H3. The topological polar surface area (TPSA) is 57.9 Å². The van der Waals surface area contributed by atoms with Gasteiger partial charge in [-0.2, -0.15) is 5.26 Å². The Hall–Kier alpha value is -1.29. The van der Waals surface area contributed by atoms with E-state index in [4.69, 9.17) is 5.26 Å². The Kier molecular flexibility index (Phi) is 4.53. The molecule has 0 amide bonds. The van der Waals surface area contributed by atoms with Crippen LogP contribution in [0.15, 0.2) is 61.6 Å². The number of halogens is 1. The number of hydrogen-bond donors (Lipinski definition) is 0. The monoisotopic (exact) mass is 367 g/mol. The van der Waals surface area contributed by atoms with Gasteiger partial charge in [0.25, 0.3) is 0 Å². The fraction of sp³-hybridized carbons (Fsp3) is 0.0714. The Labute approximate surface area is 130 Å². The second-order valence-corrected chi connectivity index (χ2v) is 8.06. The van der Waals surface area contributed by atoms with Gasteiger partial charge in [-0.25, -0.2) is 8.42 Å². The van der Waals surface area contributed by atoms with Crippen LogP contribution in [0.2, 0.25) is 0 Å². The maximum Gasteiger partial charge on any atom is 0.175 e. The molecule has 102 valence electrons. The van der Waals surface area contributed by atoms with Crippen molar-refractivity contribution in [3.05, 3.63) is 52.5 Å². The smallest absolute Gasteiger partial charge is 0.175 e. The van der Waals surface area contributed by atoms with Crippen molar-refractivity contribution in [1.82, 2.24) is 0 Å². The average Bonchev–Trinajstić information content (AvgIpc) is 2.38. The van der Waals surface area contributed by atoms with Crippen LogP contribution in [0.5, 0.6) is 0 Å². The molecule has 3 nitrogen and oxygen atoms in total. The van der Waals surface area contributed by atoms with Gasteiger partial charge in [-0.15, -0.1) is 0 Å². The molecular weight excluding hydrogens is 358 g/mol. The zero-order valence-corrected chi connectivity index (χ0v) is 13.7. The number of hydrogen-bond acceptors (Lipinski definition) is 4. The van der Waals surface area contributed by atoms with Gasteiger partial charge in [0.15, 0.2) is 9.84 Å². The van der Waals surface area contributed by atoms with E-state index in [9.17, 15) is 8.42 Å². The molecule has 0 radical (unpaired) electrons. The van der Waals surface area contributed by atoms with Crippen LogP contribution in [0.25, 0.3) is 0 Å². The first kappa shape index (κ1) is 15.1. The first-order valence-corrected chi connectivity index (χ1v) is 9.08. The van der Waals surface area contributed by atoms with Crippen LogP contribution in [0.4, 0.5) is 0 Å². The fourth-order valence-electron chi connectivity index (χ4n) is 1.58. The summed E-state index contributed by atoms with van der Waals surface area (Å²) in [5, 5.41) is 9.16. The predicted molar refractivity (Wildman–Crippen MR) is 82.5 cm³/mol. The highest BCUT2D eigenvalue weighted by molar-refractivity contribution is 9.10. The number of sulfone groups is 1. The zero-order chi connectivity index (χ0) is 14.8. The minimum Gasteiger partial charge on any atom is -0.224 e. The van der Waals surface area contributed by atoms with Crippen molar-refractivity contribution in [2.45, 2.75) is 14.7 Å². The molecule has 2 aromatic carbocycles.